The average Bonchev–Trinajstić information content (AvgIpc) is 2.26. The minimum absolute atomic E-state index is 0.0981. The van der Waals surface area contributed by atoms with Gasteiger partial charge in [-0.3, -0.25) is 0 Å². The molecule has 1 N–H and O–H groups in total. The minimum Gasteiger partial charge on any atom is -0.478 e. The molecule has 0 bridgehead atoms. The molecule has 1 heterocycles. The summed E-state index contributed by atoms with van der Waals surface area (Å²) < 4.78 is 4.38. The molecule has 0 saturated carbocycles. The number of esters is 1. The van der Waals surface area contributed by atoms with E-state index in [9.17, 15) is 9.59 Å². The van der Waals surface area contributed by atoms with Gasteiger partial charge in [0.25, 0.3) is 0 Å². The molecule has 0 fully saturated rings. The summed E-state index contributed by atoms with van der Waals surface area (Å²) >= 11 is 0. The zero-order chi connectivity index (χ0) is 11.4. The monoisotopic (exact) mass is 206 g/mol. The number of carboxylic acid groups (broad SMARTS) is 1. The molecule has 1 rings (SSSR count). The summed E-state index contributed by atoms with van der Waals surface area (Å²) in [4.78, 5) is 25.2. The number of nitriles is 1. The number of aromatic carboxylic acids is 1. The lowest BCUT2D eigenvalue weighted by Crippen LogP contribution is -2.09. The van der Waals surface area contributed by atoms with E-state index in [4.69, 9.17) is 10.4 Å². The van der Waals surface area contributed by atoms with Crippen molar-refractivity contribution in [2.75, 3.05) is 7.11 Å². The predicted octanol–water partition coefficient (Wildman–Crippen LogP) is 0.438. The minimum atomic E-state index is -1.27. The Morgan fingerprint density at radius 3 is 2.67 bits per heavy atom. The molecular weight excluding hydrogens is 200 g/mol. The summed E-state index contributed by atoms with van der Waals surface area (Å²) in [7, 11) is 1.17. The Morgan fingerprint density at radius 1 is 1.53 bits per heavy atom. The van der Waals surface area contributed by atoms with Crippen LogP contribution in [0.2, 0.25) is 0 Å². The first kappa shape index (κ1) is 10.7. The molecule has 0 aromatic carbocycles. The van der Waals surface area contributed by atoms with Crippen molar-refractivity contribution >= 4 is 11.9 Å². The summed E-state index contributed by atoms with van der Waals surface area (Å²) in [5.41, 5.74) is -0.658. The van der Waals surface area contributed by atoms with Crippen LogP contribution in [0.5, 0.6) is 0 Å². The number of carbonyl (C=O) groups is 2. The van der Waals surface area contributed by atoms with Crippen LogP contribution < -0.4 is 0 Å². The predicted molar refractivity (Wildman–Crippen MR) is 47.3 cm³/mol. The normalized spacial score (nSPS) is 9.07. The van der Waals surface area contributed by atoms with Crippen molar-refractivity contribution in [1.82, 2.24) is 4.98 Å². The van der Waals surface area contributed by atoms with Gasteiger partial charge in [-0.15, -0.1) is 0 Å². The maximum absolute atomic E-state index is 11.0. The van der Waals surface area contributed by atoms with Crippen LogP contribution in [0.4, 0.5) is 0 Å². The number of hydrogen-bond acceptors (Lipinski definition) is 5. The summed E-state index contributed by atoms with van der Waals surface area (Å²) in [6, 6.07) is 3.93. The van der Waals surface area contributed by atoms with E-state index in [1.54, 1.807) is 6.07 Å². The second-order valence-corrected chi connectivity index (χ2v) is 2.50. The Kier molecular flexibility index (Phi) is 2.98. The van der Waals surface area contributed by atoms with Gasteiger partial charge in [-0.2, -0.15) is 5.26 Å². The first-order valence-electron chi connectivity index (χ1n) is 3.83. The summed E-state index contributed by atoms with van der Waals surface area (Å²) in [6.45, 7) is 0. The average molecular weight is 206 g/mol. The standard InChI is InChI=1S/C9H6N2O4/c1-15-9(14)6-3-2-5(8(12)13)7(4-10)11-6/h2-3H,1H3,(H,12,13). The van der Waals surface area contributed by atoms with Crippen molar-refractivity contribution in [3.05, 3.63) is 29.1 Å². The fourth-order valence-corrected chi connectivity index (χ4v) is 0.935. The number of hydrogen-bond donors (Lipinski definition) is 1. The summed E-state index contributed by atoms with van der Waals surface area (Å²) in [6.07, 6.45) is 0. The summed E-state index contributed by atoms with van der Waals surface area (Å²) in [5, 5.41) is 17.3. The highest BCUT2D eigenvalue weighted by atomic mass is 16.5. The maximum Gasteiger partial charge on any atom is 0.356 e. The van der Waals surface area contributed by atoms with Gasteiger partial charge in [-0.1, -0.05) is 0 Å². The Balaban J connectivity index is 3.27. The highest BCUT2D eigenvalue weighted by molar-refractivity contribution is 5.92. The molecule has 1 aromatic heterocycles. The summed E-state index contributed by atoms with van der Waals surface area (Å²) in [5.74, 6) is -1.99. The molecule has 15 heavy (non-hydrogen) atoms. The number of aromatic nitrogens is 1. The van der Waals surface area contributed by atoms with Gasteiger partial charge in [0.05, 0.1) is 12.7 Å². The van der Waals surface area contributed by atoms with Crippen LogP contribution in [-0.4, -0.2) is 29.1 Å². The highest BCUT2D eigenvalue weighted by Gasteiger charge is 2.15. The van der Waals surface area contributed by atoms with E-state index in [1.807, 2.05) is 0 Å². The van der Waals surface area contributed by atoms with Crippen molar-refractivity contribution in [2.24, 2.45) is 0 Å². The first-order valence-corrected chi connectivity index (χ1v) is 3.83. The molecule has 0 atom stereocenters. The molecule has 1 aromatic rings. The van der Waals surface area contributed by atoms with Crippen LogP contribution in [0.25, 0.3) is 0 Å². The lowest BCUT2D eigenvalue weighted by Gasteiger charge is -2.00. The van der Waals surface area contributed by atoms with Gasteiger partial charge in [0.1, 0.15) is 11.8 Å². The molecule has 0 unspecified atom stereocenters. The van der Waals surface area contributed by atoms with E-state index in [0.29, 0.717) is 0 Å². The number of carboxylic acids is 1. The molecule has 6 nitrogen and oxygen atoms in total. The van der Waals surface area contributed by atoms with Crippen LogP contribution in [0.3, 0.4) is 0 Å². The number of methoxy groups -OCH3 is 1. The van der Waals surface area contributed by atoms with Gasteiger partial charge in [0.15, 0.2) is 5.69 Å². The van der Waals surface area contributed by atoms with Crippen molar-refractivity contribution in [1.29, 1.82) is 5.26 Å². The van der Waals surface area contributed by atoms with Crippen molar-refractivity contribution in [3.63, 3.8) is 0 Å². The number of carbonyl (C=O) groups excluding carboxylic acids is 1. The molecule has 0 aliphatic rings. The van der Waals surface area contributed by atoms with Gasteiger partial charge in [-0.05, 0) is 12.1 Å². The lowest BCUT2D eigenvalue weighted by molar-refractivity contribution is 0.0591. The number of ether oxygens (including phenoxy) is 1. The van der Waals surface area contributed by atoms with Gasteiger partial charge < -0.3 is 9.84 Å². The van der Waals surface area contributed by atoms with Crippen LogP contribution >= 0.6 is 0 Å². The smallest absolute Gasteiger partial charge is 0.356 e. The first-order chi connectivity index (χ1) is 7.10. The zero-order valence-electron chi connectivity index (χ0n) is 7.72. The Bertz CT molecular complexity index is 462. The Hall–Kier alpha value is -2.42. The molecule has 6 heteroatoms. The van der Waals surface area contributed by atoms with E-state index >= 15 is 0 Å². The van der Waals surface area contributed by atoms with E-state index in [1.165, 1.54) is 13.2 Å². The topological polar surface area (TPSA) is 100 Å². The van der Waals surface area contributed by atoms with Gasteiger partial charge in [0, 0.05) is 0 Å². The highest BCUT2D eigenvalue weighted by Crippen LogP contribution is 2.07. The molecular formula is C9H6N2O4. The molecule has 0 saturated heterocycles. The van der Waals surface area contributed by atoms with Crippen LogP contribution in [0.15, 0.2) is 12.1 Å². The molecule has 76 valence electrons. The van der Waals surface area contributed by atoms with Crippen molar-refractivity contribution in [3.8, 4) is 6.07 Å². The van der Waals surface area contributed by atoms with E-state index in [0.717, 1.165) is 6.07 Å². The van der Waals surface area contributed by atoms with Crippen molar-refractivity contribution in [2.45, 2.75) is 0 Å². The van der Waals surface area contributed by atoms with Crippen LogP contribution in [-0.2, 0) is 4.74 Å². The fraction of sp³-hybridized carbons (Fsp3) is 0.111. The third-order valence-electron chi connectivity index (χ3n) is 1.63. The van der Waals surface area contributed by atoms with E-state index in [-0.39, 0.29) is 17.0 Å². The quantitative estimate of drug-likeness (QED) is 0.704. The maximum atomic E-state index is 11.0. The van der Waals surface area contributed by atoms with Gasteiger partial charge in [0.2, 0.25) is 0 Å². The number of nitrogens with zero attached hydrogens (tertiary/aromatic N) is 2. The molecule has 0 radical (unpaired) electrons. The second-order valence-electron chi connectivity index (χ2n) is 2.50. The van der Waals surface area contributed by atoms with Crippen molar-refractivity contribution < 1.29 is 19.4 Å². The van der Waals surface area contributed by atoms with Gasteiger partial charge in [-0.25, -0.2) is 14.6 Å². The van der Waals surface area contributed by atoms with E-state index in [2.05, 4.69) is 9.72 Å². The lowest BCUT2D eigenvalue weighted by atomic mass is 10.2. The molecule has 0 aliphatic heterocycles. The fourth-order valence-electron chi connectivity index (χ4n) is 0.935. The zero-order valence-corrected chi connectivity index (χ0v) is 7.72. The third-order valence-corrected chi connectivity index (χ3v) is 1.63. The third kappa shape index (κ3) is 2.08. The van der Waals surface area contributed by atoms with Crippen LogP contribution in [0, 0.1) is 11.3 Å². The van der Waals surface area contributed by atoms with Crippen LogP contribution in [0.1, 0.15) is 26.5 Å². The van der Waals surface area contributed by atoms with E-state index < -0.39 is 11.9 Å². The van der Waals surface area contributed by atoms with Gasteiger partial charge >= 0.3 is 11.9 Å². The molecule has 0 spiro atoms. The number of rotatable bonds is 2. The molecule has 0 aliphatic carbocycles. The molecule has 0 amide bonds. The Labute approximate surface area is 84.7 Å². The number of pyridine rings is 1. The Morgan fingerprint density at radius 2 is 2.20 bits per heavy atom. The largest absolute Gasteiger partial charge is 0.478 e. The SMILES string of the molecule is COC(=O)c1ccc(C(=O)O)c(C#N)n1. The second kappa shape index (κ2) is 4.19.